The van der Waals surface area contributed by atoms with Crippen LogP contribution in [0.2, 0.25) is 0 Å². The third-order valence-corrected chi connectivity index (χ3v) is 6.50. The SMILES string of the molecule is C=C(C)C(=O)OCCNC(=O)OCCOc1ccc(C(c2ccc(OCCOC(=O)NCCOC(=O)C(=C)C)cc2)(C(F)(F)F)C(F)(F)F)cc1. The van der Waals surface area contributed by atoms with Crippen molar-refractivity contribution in [3.8, 4) is 11.5 Å². The highest BCUT2D eigenvalue weighted by Crippen LogP contribution is 2.56. The fourth-order valence-electron chi connectivity index (χ4n) is 4.11. The van der Waals surface area contributed by atoms with Crippen LogP contribution in [-0.4, -0.2) is 89.2 Å². The lowest BCUT2D eigenvalue weighted by Crippen LogP contribution is -2.54. The van der Waals surface area contributed by atoms with Crippen molar-refractivity contribution < 1.29 is 73.9 Å². The predicted molar refractivity (Wildman–Crippen MR) is 167 cm³/mol. The van der Waals surface area contributed by atoms with Crippen molar-refractivity contribution in [2.45, 2.75) is 31.6 Å². The maximum absolute atomic E-state index is 14.5. The first kappa shape index (κ1) is 41.7. The van der Waals surface area contributed by atoms with Crippen LogP contribution in [-0.2, 0) is 34.0 Å². The van der Waals surface area contributed by atoms with Crippen molar-refractivity contribution >= 4 is 24.1 Å². The number of carbonyl (C=O) groups excluding carboxylic acids is 4. The molecule has 2 rings (SSSR count). The van der Waals surface area contributed by atoms with Crippen LogP contribution in [0.15, 0.2) is 72.8 Å². The number of alkyl carbamates (subject to hydrolysis) is 2. The van der Waals surface area contributed by atoms with Crippen molar-refractivity contribution in [1.82, 2.24) is 10.6 Å². The summed E-state index contributed by atoms with van der Waals surface area (Å²) in [5.74, 6) is -1.48. The smallest absolute Gasteiger partial charge is 0.411 e. The molecule has 51 heavy (non-hydrogen) atoms. The van der Waals surface area contributed by atoms with Gasteiger partial charge in [0, 0.05) is 11.1 Å². The summed E-state index contributed by atoms with van der Waals surface area (Å²) in [5.41, 5.74) is -6.36. The van der Waals surface area contributed by atoms with Gasteiger partial charge < -0.3 is 39.1 Å². The van der Waals surface area contributed by atoms with Crippen LogP contribution in [0.5, 0.6) is 11.5 Å². The van der Waals surface area contributed by atoms with E-state index in [9.17, 15) is 45.5 Å². The summed E-state index contributed by atoms with van der Waals surface area (Å²) in [6, 6.07) is 6.20. The third-order valence-electron chi connectivity index (χ3n) is 6.50. The third kappa shape index (κ3) is 12.4. The number of ether oxygens (including phenoxy) is 6. The molecule has 0 atom stereocenters. The Kier molecular flexibility index (Phi) is 15.6. The number of nitrogens with one attached hydrogen (secondary N) is 2. The number of hydrogen-bond donors (Lipinski definition) is 2. The number of esters is 2. The van der Waals surface area contributed by atoms with Gasteiger partial charge in [-0.1, -0.05) is 37.4 Å². The van der Waals surface area contributed by atoms with E-state index >= 15 is 0 Å². The van der Waals surface area contributed by atoms with Crippen molar-refractivity contribution in [3.05, 3.63) is 84.0 Å². The van der Waals surface area contributed by atoms with Gasteiger partial charge in [0.25, 0.3) is 0 Å². The van der Waals surface area contributed by atoms with Gasteiger partial charge >= 0.3 is 36.5 Å². The molecule has 0 heterocycles. The fraction of sp³-hybridized carbons (Fsp3) is 0.394. The summed E-state index contributed by atoms with van der Waals surface area (Å²) in [6.45, 7) is 8.06. The Bertz CT molecular complexity index is 1400. The van der Waals surface area contributed by atoms with Crippen LogP contribution in [0.3, 0.4) is 0 Å². The standard InChI is InChI=1S/C33H36F6N2O10/c1-21(2)27(42)48-15-13-40-29(44)50-19-17-46-25-9-5-23(6-10-25)31(32(34,35)36,33(37,38)39)24-7-11-26(12-8-24)47-18-20-51-30(45)41-14-16-49-28(43)22(3)4/h5-12H,1,3,13-20H2,2,4H3,(H,40,44)(H,41,45). The lowest BCUT2D eigenvalue weighted by atomic mass is 9.73. The molecular formula is C33H36F6N2O10. The zero-order chi connectivity index (χ0) is 38.2. The minimum atomic E-state index is -5.84. The van der Waals surface area contributed by atoms with Crippen molar-refractivity contribution in [3.63, 3.8) is 0 Å². The molecule has 12 nitrogen and oxygen atoms in total. The normalized spacial score (nSPS) is 11.5. The maximum atomic E-state index is 14.5. The van der Waals surface area contributed by atoms with Crippen molar-refractivity contribution in [2.75, 3.05) is 52.7 Å². The average molecular weight is 735 g/mol. The molecule has 2 amide bonds. The number of halogens is 6. The number of benzene rings is 2. The molecule has 0 bridgehead atoms. The van der Waals surface area contributed by atoms with Gasteiger partial charge in [0.1, 0.15) is 51.1 Å². The quantitative estimate of drug-likeness (QED) is 0.0658. The highest BCUT2D eigenvalue weighted by atomic mass is 19.4. The molecule has 2 aromatic carbocycles. The minimum absolute atomic E-state index is 0.0642. The first-order chi connectivity index (χ1) is 23.9. The summed E-state index contributed by atoms with van der Waals surface area (Å²) < 4.78 is 117. The molecule has 0 radical (unpaired) electrons. The van der Waals surface area contributed by atoms with E-state index in [0.29, 0.717) is 24.3 Å². The summed E-state index contributed by atoms with van der Waals surface area (Å²) in [6.07, 6.45) is -13.5. The van der Waals surface area contributed by atoms with E-state index < -0.39 is 53.0 Å². The molecule has 0 aliphatic carbocycles. The Morgan fingerprint density at radius 1 is 0.549 bits per heavy atom. The first-order valence-electron chi connectivity index (χ1n) is 15.0. The highest BCUT2D eigenvalue weighted by molar-refractivity contribution is 5.87. The molecule has 0 aliphatic heterocycles. The van der Waals surface area contributed by atoms with E-state index in [4.69, 9.17) is 28.4 Å². The van der Waals surface area contributed by atoms with Gasteiger partial charge in [-0.05, 0) is 49.2 Å². The zero-order valence-corrected chi connectivity index (χ0v) is 27.5. The van der Waals surface area contributed by atoms with Crippen molar-refractivity contribution in [1.29, 1.82) is 0 Å². The van der Waals surface area contributed by atoms with Crippen LogP contribution in [0, 0.1) is 0 Å². The van der Waals surface area contributed by atoms with E-state index in [1.807, 2.05) is 0 Å². The van der Waals surface area contributed by atoms with Crippen LogP contribution >= 0.6 is 0 Å². The largest absolute Gasteiger partial charge is 0.490 e. The molecule has 280 valence electrons. The average Bonchev–Trinajstić information content (AvgIpc) is 3.05. The van der Waals surface area contributed by atoms with Gasteiger partial charge in [0.15, 0.2) is 0 Å². The van der Waals surface area contributed by atoms with E-state index in [1.165, 1.54) is 13.8 Å². The maximum Gasteiger partial charge on any atom is 0.411 e. The van der Waals surface area contributed by atoms with Gasteiger partial charge in [0.05, 0.1) is 13.1 Å². The second kappa shape index (κ2) is 19.1. The molecule has 0 spiro atoms. The molecular weight excluding hydrogens is 698 g/mol. The van der Waals surface area contributed by atoms with E-state index in [0.717, 1.165) is 24.3 Å². The number of hydrogen-bond acceptors (Lipinski definition) is 10. The van der Waals surface area contributed by atoms with E-state index in [1.54, 1.807) is 0 Å². The Morgan fingerprint density at radius 3 is 1.18 bits per heavy atom. The molecule has 2 N–H and O–H groups in total. The van der Waals surface area contributed by atoms with Crippen molar-refractivity contribution in [2.24, 2.45) is 0 Å². The Morgan fingerprint density at radius 2 is 0.882 bits per heavy atom. The predicted octanol–water partition coefficient (Wildman–Crippen LogP) is 5.55. The summed E-state index contributed by atoms with van der Waals surface area (Å²) in [5, 5.41) is 4.60. The monoisotopic (exact) mass is 734 g/mol. The minimum Gasteiger partial charge on any atom is -0.490 e. The summed E-state index contributed by atoms with van der Waals surface area (Å²) >= 11 is 0. The van der Waals surface area contributed by atoms with E-state index in [2.05, 4.69) is 23.8 Å². The molecule has 0 aromatic heterocycles. The molecule has 0 aliphatic rings. The summed E-state index contributed by atoms with van der Waals surface area (Å²) in [4.78, 5) is 45.9. The Balaban J connectivity index is 1.98. The summed E-state index contributed by atoms with van der Waals surface area (Å²) in [7, 11) is 0. The number of alkyl halides is 6. The molecule has 18 heteroatoms. The van der Waals surface area contributed by atoms with Gasteiger partial charge in [-0.2, -0.15) is 26.3 Å². The van der Waals surface area contributed by atoms with Gasteiger partial charge in [-0.3, -0.25) is 0 Å². The van der Waals surface area contributed by atoms with Gasteiger partial charge in [0.2, 0.25) is 5.41 Å². The van der Waals surface area contributed by atoms with Gasteiger partial charge in [-0.25, -0.2) is 19.2 Å². The number of carbonyl (C=O) groups is 4. The van der Waals surface area contributed by atoms with Crippen LogP contribution in [0.1, 0.15) is 25.0 Å². The van der Waals surface area contributed by atoms with E-state index in [-0.39, 0.29) is 75.4 Å². The first-order valence-corrected chi connectivity index (χ1v) is 15.0. The molecule has 0 saturated carbocycles. The molecule has 2 aromatic rings. The van der Waals surface area contributed by atoms with Crippen LogP contribution in [0.4, 0.5) is 35.9 Å². The Labute approximate surface area is 288 Å². The number of rotatable bonds is 18. The Hall–Kier alpha value is -5.42. The topological polar surface area (TPSA) is 148 Å². The van der Waals surface area contributed by atoms with Crippen LogP contribution < -0.4 is 20.1 Å². The molecule has 0 saturated heterocycles. The molecule has 0 fully saturated rings. The lowest BCUT2D eigenvalue weighted by Gasteiger charge is -2.38. The van der Waals surface area contributed by atoms with Crippen LogP contribution in [0.25, 0.3) is 0 Å². The molecule has 0 unspecified atom stereocenters. The fourth-order valence-corrected chi connectivity index (χ4v) is 4.11. The lowest BCUT2D eigenvalue weighted by molar-refractivity contribution is -0.288. The second-order valence-corrected chi connectivity index (χ2v) is 10.4. The second-order valence-electron chi connectivity index (χ2n) is 10.4. The zero-order valence-electron chi connectivity index (χ0n) is 27.5. The van der Waals surface area contributed by atoms with Gasteiger partial charge in [-0.15, -0.1) is 0 Å². The number of amides is 2. The highest BCUT2D eigenvalue weighted by Gasteiger charge is 2.72.